The zero-order valence-electron chi connectivity index (χ0n) is 12.6. The molecular weight excluding hydrogens is 354 g/mol. The summed E-state index contributed by atoms with van der Waals surface area (Å²) in [6.07, 6.45) is 0. The molecule has 6 heteroatoms. The zero-order valence-corrected chi connectivity index (χ0v) is 14.9. The smallest absolute Gasteiger partial charge is 0.240 e. The van der Waals surface area contributed by atoms with E-state index in [0.717, 1.165) is 28.1 Å². The standard InChI is InChI=1S/C15H21BrClN3O/c1-10(12-5-4-11(16)8-13(12)17)20-7-6-18-9-14(20)15(21)19(2)3/h4-5,8,10,14,18H,6-7,9H2,1-3H3. The Hall–Kier alpha value is -0.620. The fourth-order valence-corrected chi connectivity index (χ4v) is 3.56. The third-order valence-corrected chi connectivity index (χ3v) is 4.74. The molecule has 0 aliphatic carbocycles. The molecule has 2 atom stereocenters. The molecule has 1 amide bonds. The van der Waals surface area contributed by atoms with E-state index in [9.17, 15) is 4.79 Å². The molecule has 21 heavy (non-hydrogen) atoms. The fourth-order valence-electron chi connectivity index (χ4n) is 2.73. The number of hydrogen-bond donors (Lipinski definition) is 1. The van der Waals surface area contributed by atoms with Gasteiger partial charge in [0, 0.05) is 49.3 Å². The number of halogens is 2. The topological polar surface area (TPSA) is 35.6 Å². The molecule has 1 heterocycles. The Morgan fingerprint density at radius 2 is 2.24 bits per heavy atom. The van der Waals surface area contributed by atoms with Crippen LogP contribution in [-0.4, -0.2) is 55.5 Å². The molecule has 1 aliphatic heterocycles. The van der Waals surface area contributed by atoms with Crippen LogP contribution in [0.1, 0.15) is 18.5 Å². The quantitative estimate of drug-likeness (QED) is 0.883. The molecule has 0 spiro atoms. The van der Waals surface area contributed by atoms with Crippen molar-refractivity contribution in [3.63, 3.8) is 0 Å². The SMILES string of the molecule is CC(c1ccc(Br)cc1Cl)N1CCNCC1C(=O)N(C)C. The van der Waals surface area contributed by atoms with Crippen molar-refractivity contribution in [2.24, 2.45) is 0 Å². The highest BCUT2D eigenvalue weighted by molar-refractivity contribution is 9.10. The Morgan fingerprint density at radius 3 is 2.86 bits per heavy atom. The number of nitrogens with zero attached hydrogens (tertiary/aromatic N) is 2. The lowest BCUT2D eigenvalue weighted by atomic mass is 10.0. The Kier molecular flexibility index (Phi) is 5.66. The first-order valence-electron chi connectivity index (χ1n) is 7.04. The maximum absolute atomic E-state index is 12.4. The minimum Gasteiger partial charge on any atom is -0.347 e. The van der Waals surface area contributed by atoms with Crippen LogP contribution >= 0.6 is 27.5 Å². The van der Waals surface area contributed by atoms with Gasteiger partial charge in [0.05, 0.1) is 0 Å². The highest BCUT2D eigenvalue weighted by atomic mass is 79.9. The molecule has 116 valence electrons. The molecule has 1 aliphatic rings. The second-order valence-corrected chi connectivity index (χ2v) is 6.86. The number of piperazine rings is 1. The average Bonchev–Trinajstić information content (AvgIpc) is 2.45. The van der Waals surface area contributed by atoms with Crippen LogP contribution in [0.3, 0.4) is 0 Å². The lowest BCUT2D eigenvalue weighted by Crippen LogP contribution is -2.58. The summed E-state index contributed by atoms with van der Waals surface area (Å²) in [7, 11) is 3.60. The minimum absolute atomic E-state index is 0.0987. The van der Waals surface area contributed by atoms with Crippen molar-refractivity contribution in [3.8, 4) is 0 Å². The van der Waals surface area contributed by atoms with E-state index in [1.165, 1.54) is 0 Å². The van der Waals surface area contributed by atoms with Crippen molar-refractivity contribution in [1.82, 2.24) is 15.1 Å². The van der Waals surface area contributed by atoms with Crippen molar-refractivity contribution in [2.45, 2.75) is 19.0 Å². The van der Waals surface area contributed by atoms with Crippen molar-refractivity contribution < 1.29 is 4.79 Å². The summed E-state index contributed by atoms with van der Waals surface area (Å²) in [6, 6.07) is 5.86. The number of amides is 1. The van der Waals surface area contributed by atoms with E-state index in [1.807, 2.05) is 18.2 Å². The van der Waals surface area contributed by atoms with Gasteiger partial charge in [0.15, 0.2) is 0 Å². The molecule has 2 rings (SSSR count). The van der Waals surface area contributed by atoms with Gasteiger partial charge in [0.25, 0.3) is 0 Å². The molecule has 1 aromatic carbocycles. The minimum atomic E-state index is -0.150. The van der Waals surface area contributed by atoms with E-state index in [0.29, 0.717) is 6.54 Å². The second-order valence-electron chi connectivity index (χ2n) is 5.53. The maximum atomic E-state index is 12.4. The summed E-state index contributed by atoms with van der Waals surface area (Å²) in [5, 5.41) is 4.03. The van der Waals surface area contributed by atoms with Gasteiger partial charge in [-0.25, -0.2) is 0 Å². The number of carbonyl (C=O) groups excluding carboxylic acids is 1. The molecule has 1 aromatic rings. The maximum Gasteiger partial charge on any atom is 0.240 e. The van der Waals surface area contributed by atoms with Crippen molar-refractivity contribution in [3.05, 3.63) is 33.3 Å². The van der Waals surface area contributed by atoms with E-state index < -0.39 is 0 Å². The molecule has 1 saturated heterocycles. The summed E-state index contributed by atoms with van der Waals surface area (Å²) < 4.78 is 0.963. The van der Waals surface area contributed by atoms with E-state index >= 15 is 0 Å². The number of carbonyl (C=O) groups is 1. The van der Waals surface area contributed by atoms with E-state index in [4.69, 9.17) is 11.6 Å². The molecular formula is C15H21BrClN3O. The Labute approximate surface area is 139 Å². The van der Waals surface area contributed by atoms with E-state index in [2.05, 4.69) is 33.1 Å². The Morgan fingerprint density at radius 1 is 1.52 bits per heavy atom. The number of nitrogens with one attached hydrogen (secondary N) is 1. The first-order chi connectivity index (χ1) is 9.91. The van der Waals surface area contributed by atoms with Crippen molar-refractivity contribution in [1.29, 1.82) is 0 Å². The number of rotatable bonds is 3. The van der Waals surface area contributed by atoms with Crippen LogP contribution in [0.4, 0.5) is 0 Å². The zero-order chi connectivity index (χ0) is 15.6. The first-order valence-corrected chi connectivity index (χ1v) is 8.21. The van der Waals surface area contributed by atoms with Crippen LogP contribution in [-0.2, 0) is 4.79 Å². The molecule has 0 aromatic heterocycles. The summed E-state index contributed by atoms with van der Waals surface area (Å²) in [6.45, 7) is 4.50. The van der Waals surface area contributed by atoms with Gasteiger partial charge in [-0.2, -0.15) is 0 Å². The third kappa shape index (κ3) is 3.77. The van der Waals surface area contributed by atoms with E-state index in [1.54, 1.807) is 19.0 Å². The summed E-state index contributed by atoms with van der Waals surface area (Å²) in [5.74, 6) is 0.127. The summed E-state index contributed by atoms with van der Waals surface area (Å²) >= 11 is 9.79. The van der Waals surface area contributed by atoms with Crippen LogP contribution in [0, 0.1) is 0 Å². The summed E-state index contributed by atoms with van der Waals surface area (Å²) in [4.78, 5) is 16.3. The van der Waals surface area contributed by atoms with Crippen LogP contribution in [0.25, 0.3) is 0 Å². The Bertz CT molecular complexity index is 524. The van der Waals surface area contributed by atoms with Crippen LogP contribution in [0.5, 0.6) is 0 Å². The first kappa shape index (κ1) is 16.7. The number of hydrogen-bond acceptors (Lipinski definition) is 3. The highest BCUT2D eigenvalue weighted by Gasteiger charge is 2.33. The lowest BCUT2D eigenvalue weighted by Gasteiger charge is -2.40. The van der Waals surface area contributed by atoms with Gasteiger partial charge in [-0.1, -0.05) is 33.6 Å². The van der Waals surface area contributed by atoms with Crippen molar-refractivity contribution in [2.75, 3.05) is 33.7 Å². The van der Waals surface area contributed by atoms with Crippen LogP contribution in [0.2, 0.25) is 5.02 Å². The molecule has 0 bridgehead atoms. The van der Waals surface area contributed by atoms with Crippen LogP contribution < -0.4 is 5.32 Å². The van der Waals surface area contributed by atoms with Gasteiger partial charge < -0.3 is 10.2 Å². The molecule has 1 N–H and O–H groups in total. The Balaban J connectivity index is 2.26. The third-order valence-electron chi connectivity index (χ3n) is 3.92. The molecule has 2 unspecified atom stereocenters. The second kappa shape index (κ2) is 7.09. The van der Waals surface area contributed by atoms with E-state index in [-0.39, 0.29) is 18.0 Å². The fraction of sp³-hybridized carbons (Fsp3) is 0.533. The van der Waals surface area contributed by atoms with Gasteiger partial charge in [-0.05, 0) is 24.6 Å². The molecule has 4 nitrogen and oxygen atoms in total. The number of likely N-dealkylation sites (N-methyl/N-ethyl adjacent to an activating group) is 1. The molecule has 1 fully saturated rings. The monoisotopic (exact) mass is 373 g/mol. The molecule has 0 saturated carbocycles. The van der Waals surface area contributed by atoms with Gasteiger partial charge in [-0.3, -0.25) is 9.69 Å². The van der Waals surface area contributed by atoms with Crippen molar-refractivity contribution >= 4 is 33.4 Å². The normalized spacial score (nSPS) is 21.1. The average molecular weight is 375 g/mol. The van der Waals surface area contributed by atoms with Crippen LogP contribution in [0.15, 0.2) is 22.7 Å². The predicted octanol–water partition coefficient (Wildman–Crippen LogP) is 2.53. The number of benzene rings is 1. The van der Waals surface area contributed by atoms with Gasteiger partial charge in [-0.15, -0.1) is 0 Å². The van der Waals surface area contributed by atoms with Gasteiger partial charge >= 0.3 is 0 Å². The molecule has 0 radical (unpaired) electrons. The highest BCUT2D eigenvalue weighted by Crippen LogP contribution is 2.31. The van der Waals surface area contributed by atoms with Gasteiger partial charge in [0.1, 0.15) is 6.04 Å². The lowest BCUT2D eigenvalue weighted by molar-refractivity contribution is -0.136. The van der Waals surface area contributed by atoms with Gasteiger partial charge in [0.2, 0.25) is 5.91 Å². The largest absolute Gasteiger partial charge is 0.347 e. The predicted molar refractivity (Wildman–Crippen MR) is 89.6 cm³/mol. The summed E-state index contributed by atoms with van der Waals surface area (Å²) in [5.41, 5.74) is 1.05.